The minimum absolute atomic E-state index is 0.0272. The lowest BCUT2D eigenvalue weighted by Gasteiger charge is -2.36. The molecule has 2 heterocycles. The van der Waals surface area contributed by atoms with E-state index in [9.17, 15) is 14.0 Å². The molecule has 2 atom stereocenters. The van der Waals surface area contributed by atoms with Crippen molar-refractivity contribution in [3.05, 3.63) is 46.5 Å². The van der Waals surface area contributed by atoms with Gasteiger partial charge in [-0.3, -0.25) is 9.59 Å². The Kier molecular flexibility index (Phi) is 6.89. The van der Waals surface area contributed by atoms with Gasteiger partial charge in [0.15, 0.2) is 11.6 Å². The highest BCUT2D eigenvalue weighted by Crippen LogP contribution is 2.30. The lowest BCUT2D eigenvalue weighted by Crippen LogP contribution is -2.45. The minimum Gasteiger partial charge on any atom is -0.494 e. The van der Waals surface area contributed by atoms with Gasteiger partial charge in [-0.25, -0.2) is 9.07 Å². The Morgan fingerprint density at radius 2 is 1.88 bits per heavy atom. The molecule has 7 nitrogen and oxygen atoms in total. The summed E-state index contributed by atoms with van der Waals surface area (Å²) in [5, 5.41) is 4.52. The van der Waals surface area contributed by atoms with Gasteiger partial charge in [0.2, 0.25) is 5.91 Å². The number of piperidine rings is 1. The molecule has 4 rings (SSSR count). The molecule has 2 aliphatic rings. The zero-order chi connectivity index (χ0) is 22.7. The van der Waals surface area contributed by atoms with Crippen LogP contribution in [0.3, 0.4) is 0 Å². The third-order valence-corrected chi connectivity index (χ3v) is 6.70. The summed E-state index contributed by atoms with van der Waals surface area (Å²) < 4.78 is 26.0. The van der Waals surface area contributed by atoms with Crippen molar-refractivity contribution in [3.8, 4) is 17.0 Å². The number of carbonyl (C=O) groups is 1. The third kappa shape index (κ3) is 4.70. The summed E-state index contributed by atoms with van der Waals surface area (Å²) in [5.74, 6) is -0.0870. The van der Waals surface area contributed by atoms with Crippen molar-refractivity contribution >= 4 is 5.91 Å². The van der Waals surface area contributed by atoms with Gasteiger partial charge < -0.3 is 14.4 Å². The molecule has 8 heteroatoms. The lowest BCUT2D eigenvalue weighted by atomic mass is 9.85. The summed E-state index contributed by atoms with van der Waals surface area (Å²) in [4.78, 5) is 27.4. The molecular formula is C24H30FN3O4. The van der Waals surface area contributed by atoms with E-state index in [0.717, 1.165) is 25.7 Å². The van der Waals surface area contributed by atoms with Crippen LogP contribution in [-0.4, -0.2) is 54.0 Å². The molecule has 0 unspecified atom stereocenters. The smallest absolute Gasteiger partial charge is 0.267 e. The normalized spacial score (nSPS) is 22.0. The molecule has 0 bridgehead atoms. The number of likely N-dealkylation sites (tertiary alicyclic amines) is 1. The molecule has 0 N–H and O–H groups in total. The molecule has 1 aromatic heterocycles. The summed E-state index contributed by atoms with van der Waals surface area (Å²) >= 11 is 0. The predicted octanol–water partition coefficient (Wildman–Crippen LogP) is 3.43. The molecule has 1 aliphatic carbocycles. The first-order chi connectivity index (χ1) is 15.5. The van der Waals surface area contributed by atoms with Gasteiger partial charge in [0.25, 0.3) is 5.56 Å². The Morgan fingerprint density at radius 3 is 2.56 bits per heavy atom. The fourth-order valence-electron chi connectivity index (χ4n) is 4.84. The highest BCUT2D eigenvalue weighted by atomic mass is 19.1. The monoisotopic (exact) mass is 443 g/mol. The van der Waals surface area contributed by atoms with Crippen LogP contribution in [0, 0.1) is 11.7 Å². The van der Waals surface area contributed by atoms with E-state index in [1.54, 1.807) is 25.3 Å². The van der Waals surface area contributed by atoms with Gasteiger partial charge in [-0.1, -0.05) is 6.42 Å². The molecule has 172 valence electrons. The van der Waals surface area contributed by atoms with E-state index in [1.807, 2.05) is 4.90 Å². The fourth-order valence-corrected chi connectivity index (χ4v) is 4.84. The van der Waals surface area contributed by atoms with Crippen LogP contribution in [0.25, 0.3) is 11.3 Å². The van der Waals surface area contributed by atoms with Crippen LogP contribution in [0.4, 0.5) is 4.39 Å². The number of rotatable bonds is 5. The topological polar surface area (TPSA) is 73.7 Å². The van der Waals surface area contributed by atoms with Gasteiger partial charge in [-0.15, -0.1) is 0 Å². The summed E-state index contributed by atoms with van der Waals surface area (Å²) in [5.41, 5.74) is 0.912. The van der Waals surface area contributed by atoms with Gasteiger partial charge in [-0.2, -0.15) is 5.10 Å². The Balaban J connectivity index is 1.44. The number of halogens is 1. The lowest BCUT2D eigenvalue weighted by molar-refractivity contribution is -0.139. The zero-order valence-electron chi connectivity index (χ0n) is 18.6. The molecule has 2 aromatic rings. The summed E-state index contributed by atoms with van der Waals surface area (Å²) in [6.07, 6.45) is 5.24. The molecule has 1 aromatic carbocycles. The third-order valence-electron chi connectivity index (χ3n) is 6.70. The Labute approximate surface area is 187 Å². The highest BCUT2D eigenvalue weighted by Gasteiger charge is 2.33. The van der Waals surface area contributed by atoms with Crippen molar-refractivity contribution in [2.24, 2.45) is 5.92 Å². The van der Waals surface area contributed by atoms with Crippen molar-refractivity contribution in [1.29, 1.82) is 0 Å². The van der Waals surface area contributed by atoms with Crippen LogP contribution in [0.15, 0.2) is 35.1 Å². The average molecular weight is 444 g/mol. The van der Waals surface area contributed by atoms with E-state index in [0.29, 0.717) is 37.2 Å². The number of carbonyl (C=O) groups excluding carboxylic acids is 1. The van der Waals surface area contributed by atoms with E-state index in [2.05, 4.69) is 5.10 Å². The molecular weight excluding hydrogens is 413 g/mol. The van der Waals surface area contributed by atoms with Gasteiger partial charge in [0.05, 0.1) is 24.9 Å². The highest BCUT2D eigenvalue weighted by molar-refractivity contribution is 5.79. The van der Waals surface area contributed by atoms with Crippen molar-refractivity contribution in [1.82, 2.24) is 14.7 Å². The molecule has 1 aliphatic heterocycles. The second-order valence-electron chi connectivity index (χ2n) is 8.63. The first-order valence-corrected chi connectivity index (χ1v) is 11.3. The average Bonchev–Trinajstić information content (AvgIpc) is 2.84. The number of ether oxygens (including phenoxy) is 2. The van der Waals surface area contributed by atoms with Gasteiger partial charge in [0, 0.05) is 37.7 Å². The van der Waals surface area contributed by atoms with E-state index >= 15 is 0 Å². The number of amides is 1. The summed E-state index contributed by atoms with van der Waals surface area (Å²) in [6.45, 7) is 1.21. The second kappa shape index (κ2) is 9.81. The molecule has 1 saturated carbocycles. The number of hydrogen-bond acceptors (Lipinski definition) is 5. The standard InChI is InChI=1S/C24H30FN3O4/c1-31-19-5-3-4-17(14-19)24(30)27-12-10-18(11-13-27)28-23(29)9-7-21(26-28)16-6-8-22(32-2)20(25)15-16/h6-9,15,17-19H,3-5,10-14H2,1-2H3/t17-,19-/m1/s1. The van der Waals surface area contributed by atoms with E-state index < -0.39 is 5.82 Å². The Morgan fingerprint density at radius 1 is 1.09 bits per heavy atom. The van der Waals surface area contributed by atoms with Crippen LogP contribution in [0.5, 0.6) is 5.75 Å². The number of benzene rings is 1. The van der Waals surface area contributed by atoms with Crippen molar-refractivity contribution < 1.29 is 18.7 Å². The number of nitrogens with zero attached hydrogens (tertiary/aromatic N) is 3. The van der Waals surface area contributed by atoms with Gasteiger partial charge in [-0.05, 0) is 56.4 Å². The first-order valence-electron chi connectivity index (χ1n) is 11.3. The molecule has 1 saturated heterocycles. The maximum atomic E-state index is 14.1. The molecule has 0 radical (unpaired) electrons. The van der Waals surface area contributed by atoms with Crippen molar-refractivity contribution in [3.63, 3.8) is 0 Å². The van der Waals surface area contributed by atoms with E-state index in [1.165, 1.54) is 23.9 Å². The molecule has 1 amide bonds. The largest absolute Gasteiger partial charge is 0.494 e. The summed E-state index contributed by atoms with van der Waals surface area (Å²) in [6, 6.07) is 7.61. The van der Waals surface area contributed by atoms with Crippen molar-refractivity contribution in [2.75, 3.05) is 27.3 Å². The predicted molar refractivity (Wildman–Crippen MR) is 118 cm³/mol. The van der Waals surface area contributed by atoms with Crippen LogP contribution >= 0.6 is 0 Å². The van der Waals surface area contributed by atoms with Crippen LogP contribution < -0.4 is 10.3 Å². The quantitative estimate of drug-likeness (QED) is 0.708. The maximum Gasteiger partial charge on any atom is 0.267 e. The zero-order valence-corrected chi connectivity index (χ0v) is 18.6. The minimum atomic E-state index is -0.477. The van der Waals surface area contributed by atoms with Crippen molar-refractivity contribution in [2.45, 2.75) is 50.7 Å². The first kappa shape index (κ1) is 22.5. The number of aromatic nitrogens is 2. The number of methoxy groups -OCH3 is 2. The molecule has 0 spiro atoms. The van der Waals surface area contributed by atoms with Gasteiger partial charge >= 0.3 is 0 Å². The van der Waals surface area contributed by atoms with E-state index in [4.69, 9.17) is 9.47 Å². The Hall–Kier alpha value is -2.74. The maximum absolute atomic E-state index is 14.1. The van der Waals surface area contributed by atoms with Crippen LogP contribution in [0.2, 0.25) is 0 Å². The van der Waals surface area contributed by atoms with E-state index in [-0.39, 0.29) is 35.3 Å². The SMILES string of the molecule is COc1ccc(-c2ccc(=O)n(C3CCN(C(=O)[C@@H]4CCC[C@@H](OC)C4)CC3)n2)cc1F. The second-order valence-corrected chi connectivity index (χ2v) is 8.63. The van der Waals surface area contributed by atoms with Gasteiger partial charge in [0.1, 0.15) is 0 Å². The molecule has 32 heavy (non-hydrogen) atoms. The van der Waals surface area contributed by atoms with Crippen LogP contribution in [0.1, 0.15) is 44.6 Å². The van der Waals surface area contributed by atoms with Crippen LogP contribution in [-0.2, 0) is 9.53 Å². The Bertz CT molecular complexity index is 1020. The molecule has 2 fully saturated rings. The number of hydrogen-bond donors (Lipinski definition) is 0. The fraction of sp³-hybridized carbons (Fsp3) is 0.542. The summed E-state index contributed by atoms with van der Waals surface area (Å²) in [7, 11) is 3.12.